The average molecular weight is 368 g/mol. The number of primary amides is 1. The van der Waals surface area contributed by atoms with Gasteiger partial charge in [-0.15, -0.1) is 0 Å². The van der Waals surface area contributed by atoms with E-state index in [0.717, 1.165) is 17.0 Å². The highest BCUT2D eigenvalue weighted by Gasteiger charge is 2.27. The van der Waals surface area contributed by atoms with Crippen LogP contribution in [0.4, 0.5) is 4.79 Å². The Morgan fingerprint density at radius 2 is 1.76 bits per heavy atom. The van der Waals surface area contributed by atoms with E-state index in [1.165, 1.54) is 11.8 Å². The van der Waals surface area contributed by atoms with Crippen molar-refractivity contribution < 1.29 is 19.1 Å². The summed E-state index contributed by atoms with van der Waals surface area (Å²) in [5.41, 5.74) is 7.45. The molecule has 0 aliphatic rings. The van der Waals surface area contributed by atoms with Crippen molar-refractivity contribution in [2.24, 2.45) is 11.7 Å². The zero-order chi connectivity index (χ0) is 19.1. The van der Waals surface area contributed by atoms with Crippen LogP contribution in [0.25, 0.3) is 0 Å². The number of esters is 1. The number of hydrogen-bond acceptors (Lipinski definition) is 7. The van der Waals surface area contributed by atoms with Crippen molar-refractivity contribution in [3.8, 4) is 0 Å². The lowest BCUT2D eigenvalue weighted by Crippen LogP contribution is -2.45. The van der Waals surface area contributed by atoms with Crippen LogP contribution in [0, 0.1) is 19.8 Å². The van der Waals surface area contributed by atoms with E-state index >= 15 is 0 Å². The summed E-state index contributed by atoms with van der Waals surface area (Å²) in [6.07, 6.45) is 1.32. The van der Waals surface area contributed by atoms with Gasteiger partial charge in [0.15, 0.2) is 11.3 Å². The van der Waals surface area contributed by atoms with E-state index in [-0.39, 0.29) is 12.3 Å². The van der Waals surface area contributed by atoms with E-state index in [2.05, 4.69) is 9.97 Å². The van der Waals surface area contributed by atoms with Gasteiger partial charge in [0.25, 0.3) is 5.91 Å². The van der Waals surface area contributed by atoms with Gasteiger partial charge in [-0.1, -0.05) is 25.6 Å². The molecule has 25 heavy (non-hydrogen) atoms. The lowest BCUT2D eigenvalue weighted by atomic mass is 10.1. The Balaban J connectivity index is 2.73. The van der Waals surface area contributed by atoms with Crippen molar-refractivity contribution in [3.05, 3.63) is 17.0 Å². The van der Waals surface area contributed by atoms with Crippen molar-refractivity contribution in [2.45, 2.75) is 51.8 Å². The maximum Gasteiger partial charge on any atom is 0.318 e. The SMILES string of the molecule is CSc1nc(C)c(CCC(=O)O[C@H](C(=O)NC(N)=O)C(C)C)c(C)n1. The topological polar surface area (TPSA) is 124 Å². The number of rotatable bonds is 7. The first kappa shape index (κ1) is 20.9. The molecule has 0 fully saturated rings. The predicted octanol–water partition coefficient (Wildman–Crippen LogP) is 1.51. The van der Waals surface area contributed by atoms with Gasteiger partial charge in [0.2, 0.25) is 0 Å². The highest BCUT2D eigenvalue weighted by molar-refractivity contribution is 7.98. The zero-order valence-corrected chi connectivity index (χ0v) is 15.9. The summed E-state index contributed by atoms with van der Waals surface area (Å²) in [5, 5.41) is 2.62. The zero-order valence-electron chi connectivity index (χ0n) is 15.1. The lowest BCUT2D eigenvalue weighted by molar-refractivity contribution is -0.158. The van der Waals surface area contributed by atoms with E-state index < -0.39 is 24.0 Å². The molecule has 1 atom stereocenters. The summed E-state index contributed by atoms with van der Waals surface area (Å²) in [5.74, 6) is -1.56. The van der Waals surface area contributed by atoms with Crippen LogP contribution in [0.2, 0.25) is 0 Å². The second-order valence-corrected chi connectivity index (χ2v) is 6.64. The van der Waals surface area contributed by atoms with Gasteiger partial charge in [0, 0.05) is 17.8 Å². The van der Waals surface area contributed by atoms with Crippen molar-refractivity contribution in [3.63, 3.8) is 0 Å². The first-order chi connectivity index (χ1) is 11.6. The predicted molar refractivity (Wildman–Crippen MR) is 94.1 cm³/mol. The summed E-state index contributed by atoms with van der Waals surface area (Å²) in [7, 11) is 0. The Labute approximate surface area is 151 Å². The number of nitrogens with one attached hydrogen (secondary N) is 1. The average Bonchev–Trinajstić information content (AvgIpc) is 2.50. The van der Waals surface area contributed by atoms with Crippen molar-refractivity contribution in [2.75, 3.05) is 6.26 Å². The standard InChI is InChI=1S/C16H24N4O4S/c1-8(2)13(14(22)20-15(17)23)24-12(21)7-6-11-9(3)18-16(25-5)19-10(11)4/h8,13H,6-7H2,1-5H3,(H3,17,20,22,23)/t13-/m0/s1. The fourth-order valence-corrected chi connectivity index (χ4v) is 2.73. The Hall–Kier alpha value is -2.16. The third-order valence-electron chi connectivity index (χ3n) is 3.53. The van der Waals surface area contributed by atoms with Gasteiger partial charge in [-0.05, 0) is 38.0 Å². The Morgan fingerprint density at radius 1 is 1.20 bits per heavy atom. The quantitative estimate of drug-likeness (QED) is 0.424. The Morgan fingerprint density at radius 3 is 2.20 bits per heavy atom. The van der Waals surface area contributed by atoms with Crippen LogP contribution in [0.15, 0.2) is 5.16 Å². The molecule has 0 unspecified atom stereocenters. The van der Waals surface area contributed by atoms with Crippen LogP contribution in [0.5, 0.6) is 0 Å². The molecule has 0 bridgehead atoms. The van der Waals surface area contributed by atoms with E-state index in [0.29, 0.717) is 11.6 Å². The molecule has 0 saturated carbocycles. The van der Waals surface area contributed by atoms with E-state index in [9.17, 15) is 14.4 Å². The summed E-state index contributed by atoms with van der Waals surface area (Å²) < 4.78 is 5.22. The molecule has 9 heteroatoms. The molecule has 3 amide bonds. The summed E-state index contributed by atoms with van der Waals surface area (Å²) in [6.45, 7) is 7.15. The molecular formula is C16H24N4O4S. The molecule has 0 aliphatic heterocycles. The Kier molecular flexibility index (Phi) is 7.82. The third kappa shape index (κ3) is 6.33. The van der Waals surface area contributed by atoms with Crippen LogP contribution in [-0.4, -0.2) is 40.2 Å². The number of imide groups is 1. The van der Waals surface area contributed by atoms with Gasteiger partial charge in [0.1, 0.15) is 0 Å². The van der Waals surface area contributed by atoms with Crippen LogP contribution in [-0.2, 0) is 20.7 Å². The first-order valence-electron chi connectivity index (χ1n) is 7.83. The maximum absolute atomic E-state index is 12.1. The van der Waals surface area contributed by atoms with Crippen LogP contribution in [0.1, 0.15) is 37.2 Å². The number of nitrogens with two attached hydrogens (primary N) is 1. The highest BCUT2D eigenvalue weighted by atomic mass is 32.2. The number of carbonyl (C=O) groups is 3. The maximum atomic E-state index is 12.1. The number of amides is 3. The number of carbonyl (C=O) groups excluding carboxylic acids is 3. The van der Waals surface area contributed by atoms with Crippen molar-refractivity contribution >= 4 is 29.7 Å². The summed E-state index contributed by atoms with van der Waals surface area (Å²) >= 11 is 1.45. The Bertz CT molecular complexity index is 641. The smallest absolute Gasteiger partial charge is 0.318 e. The van der Waals surface area contributed by atoms with Crippen LogP contribution >= 0.6 is 11.8 Å². The fourth-order valence-electron chi connectivity index (χ4n) is 2.27. The van der Waals surface area contributed by atoms with Gasteiger partial charge in [-0.2, -0.15) is 0 Å². The number of ether oxygens (including phenoxy) is 1. The third-order valence-corrected chi connectivity index (χ3v) is 4.08. The number of hydrogen-bond donors (Lipinski definition) is 2. The molecule has 3 N–H and O–H groups in total. The minimum Gasteiger partial charge on any atom is -0.452 e. The molecule has 0 spiro atoms. The number of urea groups is 1. The van der Waals surface area contributed by atoms with E-state index in [4.69, 9.17) is 10.5 Å². The molecular weight excluding hydrogens is 344 g/mol. The molecule has 1 aromatic rings. The molecule has 0 saturated heterocycles. The summed E-state index contributed by atoms with van der Waals surface area (Å²) in [4.78, 5) is 43.5. The van der Waals surface area contributed by atoms with Crippen LogP contribution in [0.3, 0.4) is 0 Å². The number of aryl methyl sites for hydroxylation is 2. The number of thioether (sulfide) groups is 1. The largest absolute Gasteiger partial charge is 0.452 e. The highest BCUT2D eigenvalue weighted by Crippen LogP contribution is 2.18. The molecule has 0 aromatic carbocycles. The van der Waals surface area contributed by atoms with Gasteiger partial charge >= 0.3 is 12.0 Å². The van der Waals surface area contributed by atoms with E-state index in [1.807, 2.05) is 25.4 Å². The van der Waals surface area contributed by atoms with Crippen molar-refractivity contribution in [1.82, 2.24) is 15.3 Å². The van der Waals surface area contributed by atoms with Crippen molar-refractivity contribution in [1.29, 1.82) is 0 Å². The second-order valence-electron chi connectivity index (χ2n) is 5.87. The van der Waals surface area contributed by atoms with Gasteiger partial charge in [-0.25, -0.2) is 14.8 Å². The molecule has 1 aromatic heterocycles. The summed E-state index contributed by atoms with van der Waals surface area (Å²) in [6, 6.07) is -0.982. The lowest BCUT2D eigenvalue weighted by Gasteiger charge is -2.20. The number of aromatic nitrogens is 2. The monoisotopic (exact) mass is 368 g/mol. The van der Waals surface area contributed by atoms with Gasteiger partial charge in [0.05, 0.1) is 0 Å². The fraction of sp³-hybridized carbons (Fsp3) is 0.562. The first-order valence-corrected chi connectivity index (χ1v) is 9.06. The number of nitrogens with zero attached hydrogens (tertiary/aromatic N) is 2. The van der Waals surface area contributed by atoms with E-state index in [1.54, 1.807) is 13.8 Å². The molecule has 1 rings (SSSR count). The van der Waals surface area contributed by atoms with Crippen LogP contribution < -0.4 is 11.1 Å². The minimum absolute atomic E-state index is 0.0801. The molecule has 0 radical (unpaired) electrons. The molecule has 138 valence electrons. The second kappa shape index (κ2) is 9.36. The normalized spacial score (nSPS) is 11.9. The minimum atomic E-state index is -1.07. The molecule has 8 nitrogen and oxygen atoms in total. The molecule has 0 aliphatic carbocycles. The molecule has 1 heterocycles. The van der Waals surface area contributed by atoms with Gasteiger partial charge in [-0.3, -0.25) is 14.9 Å². The van der Waals surface area contributed by atoms with Gasteiger partial charge < -0.3 is 10.5 Å².